The average Bonchev–Trinajstić information content (AvgIpc) is 3.12. The van der Waals surface area contributed by atoms with Crippen LogP contribution in [0.4, 0.5) is 0 Å². The smallest absolute Gasteiger partial charge is 0.274 e. The highest BCUT2D eigenvalue weighted by atomic mass is 32.1. The molecule has 4 aromatic rings. The van der Waals surface area contributed by atoms with Crippen LogP contribution < -0.4 is 19.6 Å². The lowest BCUT2D eigenvalue weighted by Gasteiger charge is -2.07. The molecule has 2 heterocycles. The van der Waals surface area contributed by atoms with Crippen molar-refractivity contribution in [1.29, 1.82) is 0 Å². The first-order valence-electron chi connectivity index (χ1n) is 8.18. The van der Waals surface area contributed by atoms with E-state index >= 15 is 0 Å². The Kier molecular flexibility index (Phi) is 3.92. The summed E-state index contributed by atoms with van der Waals surface area (Å²) in [7, 11) is 3.19. The van der Waals surface area contributed by atoms with Crippen molar-refractivity contribution in [3.63, 3.8) is 0 Å². The van der Waals surface area contributed by atoms with Gasteiger partial charge < -0.3 is 9.47 Å². The van der Waals surface area contributed by atoms with E-state index in [4.69, 9.17) is 9.47 Å². The number of fused-ring (bicyclic) bond motifs is 3. The van der Waals surface area contributed by atoms with Crippen LogP contribution in [0.1, 0.15) is 16.7 Å². The number of aryl methyl sites for hydroxylation is 2. The third-order valence-electron chi connectivity index (χ3n) is 4.38. The normalized spacial score (nSPS) is 12.2. The van der Waals surface area contributed by atoms with Crippen molar-refractivity contribution in [1.82, 2.24) is 9.38 Å². The van der Waals surface area contributed by atoms with E-state index in [9.17, 15) is 4.79 Å². The number of thiazole rings is 1. The molecule has 0 saturated heterocycles. The molecular formula is C20H18N2O3S. The fourth-order valence-corrected chi connectivity index (χ4v) is 4.18. The fraction of sp³-hybridized carbons (Fsp3) is 0.200. The highest BCUT2D eigenvalue weighted by molar-refractivity contribution is 7.15. The van der Waals surface area contributed by atoms with Crippen LogP contribution in [-0.2, 0) is 0 Å². The second-order valence-corrected chi connectivity index (χ2v) is 7.22. The molecule has 0 atom stereocenters. The Balaban J connectivity index is 1.94. The average molecular weight is 366 g/mol. The zero-order chi connectivity index (χ0) is 18.4. The van der Waals surface area contributed by atoms with Gasteiger partial charge in [0, 0.05) is 0 Å². The predicted molar refractivity (Wildman–Crippen MR) is 105 cm³/mol. The van der Waals surface area contributed by atoms with Gasteiger partial charge in [0.05, 0.1) is 29.8 Å². The molecule has 0 aliphatic rings. The summed E-state index contributed by atoms with van der Waals surface area (Å²) >= 11 is 1.39. The zero-order valence-corrected chi connectivity index (χ0v) is 15.8. The number of hydrogen-bond acceptors (Lipinski definition) is 5. The monoisotopic (exact) mass is 366 g/mol. The summed E-state index contributed by atoms with van der Waals surface area (Å²) in [4.78, 5) is 18.3. The van der Waals surface area contributed by atoms with Crippen molar-refractivity contribution in [2.45, 2.75) is 13.8 Å². The highest BCUT2D eigenvalue weighted by Crippen LogP contribution is 2.28. The number of hydrogen-bond donors (Lipinski definition) is 0. The van der Waals surface area contributed by atoms with Gasteiger partial charge in [-0.1, -0.05) is 23.5 Å². The second kappa shape index (κ2) is 6.14. The standard InChI is InChI=1S/C20H18N2O3S/c1-11-7-12(2)18-14(8-11)22-19(23)17(26-20(22)21-18)10-13-5-6-15(24-3)16(9-13)25-4/h5-10H,1-4H3/b17-10-. The van der Waals surface area contributed by atoms with E-state index in [1.165, 1.54) is 11.3 Å². The Morgan fingerprint density at radius 1 is 1.08 bits per heavy atom. The number of rotatable bonds is 3. The van der Waals surface area contributed by atoms with Crippen LogP contribution >= 0.6 is 11.3 Å². The predicted octanol–water partition coefficient (Wildman–Crippen LogP) is 3.09. The van der Waals surface area contributed by atoms with Crippen molar-refractivity contribution in [2.75, 3.05) is 14.2 Å². The first-order valence-corrected chi connectivity index (χ1v) is 8.99. The molecular weight excluding hydrogens is 348 g/mol. The second-order valence-electron chi connectivity index (χ2n) is 6.21. The van der Waals surface area contributed by atoms with Gasteiger partial charge in [0.1, 0.15) is 0 Å². The summed E-state index contributed by atoms with van der Waals surface area (Å²) in [6.45, 7) is 4.05. The van der Waals surface area contributed by atoms with Crippen LogP contribution in [0, 0.1) is 13.8 Å². The molecule has 0 N–H and O–H groups in total. The van der Waals surface area contributed by atoms with Crippen LogP contribution in [0.25, 0.3) is 22.1 Å². The highest BCUT2D eigenvalue weighted by Gasteiger charge is 2.13. The molecule has 6 heteroatoms. The van der Waals surface area contributed by atoms with Crippen molar-refractivity contribution < 1.29 is 9.47 Å². The molecule has 4 rings (SSSR count). The van der Waals surface area contributed by atoms with Gasteiger partial charge >= 0.3 is 0 Å². The van der Waals surface area contributed by atoms with E-state index in [1.807, 2.05) is 44.2 Å². The lowest BCUT2D eigenvalue weighted by Crippen LogP contribution is -2.22. The van der Waals surface area contributed by atoms with Gasteiger partial charge in [-0.15, -0.1) is 0 Å². The summed E-state index contributed by atoms with van der Waals surface area (Å²) < 4.78 is 12.9. The summed E-state index contributed by atoms with van der Waals surface area (Å²) in [5.74, 6) is 1.29. The van der Waals surface area contributed by atoms with Crippen molar-refractivity contribution in [3.8, 4) is 11.5 Å². The molecule has 26 heavy (non-hydrogen) atoms. The Hall–Kier alpha value is -2.86. The number of imidazole rings is 1. The van der Waals surface area contributed by atoms with Gasteiger partial charge in [-0.25, -0.2) is 9.38 Å². The molecule has 0 aliphatic heterocycles. The first-order chi connectivity index (χ1) is 12.5. The quantitative estimate of drug-likeness (QED) is 0.559. The maximum absolute atomic E-state index is 13.0. The lowest BCUT2D eigenvalue weighted by atomic mass is 10.1. The van der Waals surface area contributed by atoms with E-state index in [0.717, 1.165) is 27.7 Å². The number of ether oxygens (including phenoxy) is 2. The van der Waals surface area contributed by atoms with Gasteiger partial charge in [0.25, 0.3) is 5.56 Å². The Morgan fingerprint density at radius 2 is 1.85 bits per heavy atom. The minimum Gasteiger partial charge on any atom is -0.493 e. The van der Waals surface area contributed by atoms with E-state index in [1.54, 1.807) is 18.6 Å². The van der Waals surface area contributed by atoms with Crippen LogP contribution in [0.5, 0.6) is 11.5 Å². The third kappa shape index (κ3) is 2.54. The molecule has 0 aliphatic carbocycles. The fourth-order valence-electron chi connectivity index (χ4n) is 3.20. The van der Waals surface area contributed by atoms with Crippen molar-refractivity contribution in [3.05, 3.63) is 61.9 Å². The van der Waals surface area contributed by atoms with Crippen LogP contribution in [-0.4, -0.2) is 23.6 Å². The zero-order valence-electron chi connectivity index (χ0n) is 15.0. The Bertz CT molecular complexity index is 1250. The molecule has 0 saturated carbocycles. The molecule has 2 aromatic heterocycles. The molecule has 0 unspecified atom stereocenters. The summed E-state index contributed by atoms with van der Waals surface area (Å²) in [5, 5.41) is 0. The molecule has 0 amide bonds. The van der Waals surface area contributed by atoms with E-state index in [-0.39, 0.29) is 5.56 Å². The largest absolute Gasteiger partial charge is 0.493 e. The number of aromatic nitrogens is 2. The molecule has 2 aromatic carbocycles. The summed E-state index contributed by atoms with van der Waals surface area (Å²) in [6.07, 6.45) is 1.86. The van der Waals surface area contributed by atoms with Crippen molar-refractivity contribution >= 4 is 33.4 Å². The third-order valence-corrected chi connectivity index (χ3v) is 5.35. The lowest BCUT2D eigenvalue weighted by molar-refractivity contribution is 0.355. The summed E-state index contributed by atoms with van der Waals surface area (Å²) in [5.41, 5.74) is 4.78. The van der Waals surface area contributed by atoms with Crippen LogP contribution in [0.3, 0.4) is 0 Å². The van der Waals surface area contributed by atoms with E-state index < -0.39 is 0 Å². The van der Waals surface area contributed by atoms with Gasteiger partial charge in [-0.05, 0) is 54.8 Å². The molecule has 0 fully saturated rings. The topological polar surface area (TPSA) is 52.8 Å². The van der Waals surface area contributed by atoms with Crippen LogP contribution in [0.2, 0.25) is 0 Å². The molecule has 5 nitrogen and oxygen atoms in total. The number of benzene rings is 2. The maximum Gasteiger partial charge on any atom is 0.274 e. The Morgan fingerprint density at radius 3 is 2.58 bits per heavy atom. The van der Waals surface area contributed by atoms with Crippen molar-refractivity contribution in [2.24, 2.45) is 0 Å². The maximum atomic E-state index is 13.0. The SMILES string of the molecule is COc1ccc(/C=c2\sc3nc4c(C)cc(C)cc4n3c2=O)cc1OC. The van der Waals surface area contributed by atoms with Gasteiger partial charge in [-0.2, -0.15) is 0 Å². The summed E-state index contributed by atoms with van der Waals surface area (Å²) in [6, 6.07) is 9.68. The minimum absolute atomic E-state index is 0.0488. The van der Waals surface area contributed by atoms with Crippen LogP contribution in [0.15, 0.2) is 35.1 Å². The van der Waals surface area contributed by atoms with E-state index in [2.05, 4.69) is 11.1 Å². The number of nitrogens with zero attached hydrogens (tertiary/aromatic N) is 2. The van der Waals surface area contributed by atoms with Gasteiger partial charge in [0.2, 0.25) is 0 Å². The molecule has 0 bridgehead atoms. The van der Waals surface area contributed by atoms with Gasteiger partial charge in [-0.3, -0.25) is 4.79 Å². The minimum atomic E-state index is -0.0488. The Labute approximate surface area is 154 Å². The molecule has 0 spiro atoms. The first kappa shape index (κ1) is 16.6. The van der Waals surface area contributed by atoms with E-state index in [0.29, 0.717) is 21.0 Å². The van der Waals surface area contributed by atoms with Gasteiger partial charge in [0.15, 0.2) is 16.5 Å². The number of methoxy groups -OCH3 is 2. The molecule has 0 radical (unpaired) electrons. The molecule has 132 valence electrons.